The van der Waals surface area contributed by atoms with Crippen LogP contribution in [0.25, 0.3) is 0 Å². The number of carbonyl (C=O) groups excluding carboxylic acids is 1. The van der Waals surface area contributed by atoms with E-state index in [4.69, 9.17) is 9.47 Å². The number of thiazole rings is 1. The van der Waals surface area contributed by atoms with E-state index in [1.54, 1.807) is 0 Å². The summed E-state index contributed by atoms with van der Waals surface area (Å²) in [6.45, 7) is 2.47. The van der Waals surface area contributed by atoms with E-state index in [1.165, 1.54) is 11.3 Å². The van der Waals surface area contributed by atoms with Gasteiger partial charge in [-0.05, 0) is 25.1 Å². The second-order valence-electron chi connectivity index (χ2n) is 4.06. The normalized spacial score (nSPS) is 10.3. The fraction of sp³-hybridized carbons (Fsp3) is 0.286. The fourth-order valence-corrected chi connectivity index (χ4v) is 2.55. The third-order valence-corrected chi connectivity index (χ3v) is 3.72. The van der Waals surface area contributed by atoms with Gasteiger partial charge in [0.15, 0.2) is 0 Å². The highest BCUT2D eigenvalue weighted by Gasteiger charge is 2.07. The number of ether oxygens (including phenoxy) is 2. The second kappa shape index (κ2) is 7.40. The molecule has 0 aliphatic heterocycles. The minimum atomic E-state index is -0.284. The molecule has 0 N–H and O–H groups in total. The molecule has 4 nitrogen and oxygen atoms in total. The number of esters is 1. The Labute approximate surface area is 129 Å². The van der Waals surface area contributed by atoms with Gasteiger partial charge in [0.2, 0.25) is 0 Å². The van der Waals surface area contributed by atoms with Crippen molar-refractivity contribution >= 4 is 33.2 Å². The number of nitrogens with zero attached hydrogens (tertiary/aromatic N) is 1. The van der Waals surface area contributed by atoms with E-state index in [0.29, 0.717) is 6.61 Å². The van der Waals surface area contributed by atoms with Gasteiger partial charge in [0.05, 0.1) is 17.1 Å². The Morgan fingerprint density at radius 3 is 2.95 bits per heavy atom. The largest absolute Gasteiger partial charge is 0.490 e. The van der Waals surface area contributed by atoms with Gasteiger partial charge >= 0.3 is 5.97 Å². The maximum absolute atomic E-state index is 11.6. The molecule has 0 aliphatic carbocycles. The van der Waals surface area contributed by atoms with Gasteiger partial charge in [-0.15, -0.1) is 11.3 Å². The monoisotopic (exact) mass is 355 g/mol. The number of aryl methyl sites for hydroxylation is 1. The molecule has 2 rings (SSSR count). The Kier molecular flexibility index (Phi) is 5.55. The minimum Gasteiger partial charge on any atom is -0.490 e. The van der Waals surface area contributed by atoms with Gasteiger partial charge in [-0.1, -0.05) is 22.0 Å². The van der Waals surface area contributed by atoms with E-state index in [0.717, 1.165) is 20.9 Å². The molecule has 0 aliphatic rings. The molecule has 0 saturated heterocycles. The van der Waals surface area contributed by atoms with Crippen LogP contribution >= 0.6 is 27.3 Å². The number of halogens is 1. The number of carbonyl (C=O) groups is 1. The molecule has 0 amide bonds. The quantitative estimate of drug-likeness (QED) is 0.588. The van der Waals surface area contributed by atoms with E-state index in [1.807, 2.05) is 36.6 Å². The Morgan fingerprint density at radius 2 is 2.25 bits per heavy atom. The van der Waals surface area contributed by atoms with Gasteiger partial charge in [0.1, 0.15) is 19.0 Å². The van der Waals surface area contributed by atoms with Gasteiger partial charge in [-0.2, -0.15) is 0 Å². The zero-order chi connectivity index (χ0) is 14.4. The lowest BCUT2D eigenvalue weighted by molar-refractivity contribution is -0.143. The van der Waals surface area contributed by atoms with Crippen LogP contribution in [0.4, 0.5) is 0 Å². The SMILES string of the molecule is Cc1nc(CC(=O)OCCOc2cccc(Br)c2)cs1. The topological polar surface area (TPSA) is 48.4 Å². The molecule has 1 aromatic carbocycles. The summed E-state index contributed by atoms with van der Waals surface area (Å²) in [6, 6.07) is 7.52. The molecule has 0 spiro atoms. The first-order valence-electron chi connectivity index (χ1n) is 6.08. The Balaban J connectivity index is 1.67. The highest BCUT2D eigenvalue weighted by molar-refractivity contribution is 9.10. The molecule has 106 valence electrons. The zero-order valence-corrected chi connectivity index (χ0v) is 13.4. The van der Waals surface area contributed by atoms with Crippen LogP contribution in [0, 0.1) is 6.92 Å². The molecule has 0 unspecified atom stereocenters. The number of aromatic nitrogens is 1. The molecule has 0 bridgehead atoms. The Bertz CT molecular complexity index is 585. The molecular weight excluding hydrogens is 342 g/mol. The van der Waals surface area contributed by atoms with E-state index in [-0.39, 0.29) is 19.0 Å². The van der Waals surface area contributed by atoms with Crippen LogP contribution in [0.5, 0.6) is 5.75 Å². The molecule has 0 fully saturated rings. The molecule has 6 heteroatoms. The molecule has 1 heterocycles. The standard InChI is InChI=1S/C14H14BrNO3S/c1-10-16-12(9-20-10)8-14(17)19-6-5-18-13-4-2-3-11(15)7-13/h2-4,7,9H,5-6,8H2,1H3. The van der Waals surface area contributed by atoms with Crippen LogP contribution in [0.1, 0.15) is 10.7 Å². The van der Waals surface area contributed by atoms with Gasteiger partial charge in [-0.25, -0.2) is 4.98 Å². The van der Waals surface area contributed by atoms with Crippen LogP contribution in [0.2, 0.25) is 0 Å². The van der Waals surface area contributed by atoms with Crippen molar-refractivity contribution in [3.05, 3.63) is 44.8 Å². The summed E-state index contributed by atoms with van der Waals surface area (Å²) in [7, 11) is 0. The van der Waals surface area contributed by atoms with E-state index < -0.39 is 0 Å². The predicted molar refractivity (Wildman–Crippen MR) is 81.2 cm³/mol. The summed E-state index contributed by atoms with van der Waals surface area (Å²) < 4.78 is 11.5. The molecule has 0 atom stereocenters. The van der Waals surface area contributed by atoms with Crippen molar-refractivity contribution < 1.29 is 14.3 Å². The lowest BCUT2D eigenvalue weighted by Crippen LogP contribution is -2.14. The van der Waals surface area contributed by atoms with Crippen molar-refractivity contribution in [2.45, 2.75) is 13.3 Å². The Hall–Kier alpha value is -1.40. The number of rotatable bonds is 6. The molecule has 1 aromatic heterocycles. The first-order chi connectivity index (χ1) is 9.63. The maximum atomic E-state index is 11.6. The van der Waals surface area contributed by atoms with Gasteiger partial charge in [0.25, 0.3) is 0 Å². The van der Waals surface area contributed by atoms with Crippen molar-refractivity contribution in [1.29, 1.82) is 0 Å². The van der Waals surface area contributed by atoms with E-state index >= 15 is 0 Å². The van der Waals surface area contributed by atoms with Crippen LogP contribution in [-0.2, 0) is 16.0 Å². The minimum absolute atomic E-state index is 0.210. The van der Waals surface area contributed by atoms with Crippen molar-refractivity contribution in [3.8, 4) is 5.75 Å². The molecule has 20 heavy (non-hydrogen) atoms. The van der Waals surface area contributed by atoms with Crippen LogP contribution in [0.15, 0.2) is 34.1 Å². The molecule has 0 saturated carbocycles. The smallest absolute Gasteiger partial charge is 0.312 e. The maximum Gasteiger partial charge on any atom is 0.312 e. The highest BCUT2D eigenvalue weighted by atomic mass is 79.9. The molecule has 2 aromatic rings. The second-order valence-corrected chi connectivity index (χ2v) is 6.04. The third-order valence-electron chi connectivity index (χ3n) is 2.40. The Morgan fingerprint density at radius 1 is 1.40 bits per heavy atom. The summed E-state index contributed by atoms with van der Waals surface area (Å²) >= 11 is 4.89. The first-order valence-corrected chi connectivity index (χ1v) is 7.76. The average Bonchev–Trinajstić information content (AvgIpc) is 2.80. The van der Waals surface area contributed by atoms with Crippen LogP contribution in [0.3, 0.4) is 0 Å². The van der Waals surface area contributed by atoms with Crippen molar-refractivity contribution in [2.24, 2.45) is 0 Å². The average molecular weight is 356 g/mol. The molecule has 0 radical (unpaired) electrons. The summed E-state index contributed by atoms with van der Waals surface area (Å²) in [6.07, 6.45) is 0.210. The van der Waals surface area contributed by atoms with Crippen LogP contribution < -0.4 is 4.74 Å². The number of hydrogen-bond acceptors (Lipinski definition) is 5. The summed E-state index contributed by atoms with van der Waals surface area (Å²) in [5.41, 5.74) is 0.755. The first kappa shape index (κ1) is 15.0. The van der Waals surface area contributed by atoms with Crippen molar-refractivity contribution in [2.75, 3.05) is 13.2 Å². The van der Waals surface area contributed by atoms with Crippen molar-refractivity contribution in [1.82, 2.24) is 4.98 Å². The third kappa shape index (κ3) is 4.94. The van der Waals surface area contributed by atoms with Gasteiger partial charge < -0.3 is 9.47 Å². The zero-order valence-electron chi connectivity index (χ0n) is 11.0. The number of benzene rings is 1. The summed E-state index contributed by atoms with van der Waals surface area (Å²) in [5.74, 6) is 0.457. The lowest BCUT2D eigenvalue weighted by atomic mass is 10.3. The number of hydrogen-bond donors (Lipinski definition) is 0. The summed E-state index contributed by atoms with van der Waals surface area (Å²) in [5, 5.41) is 2.82. The van der Waals surface area contributed by atoms with E-state index in [2.05, 4.69) is 20.9 Å². The molecular formula is C14H14BrNO3S. The van der Waals surface area contributed by atoms with Gasteiger partial charge in [-0.3, -0.25) is 4.79 Å². The predicted octanol–water partition coefficient (Wildman–Crippen LogP) is 3.38. The van der Waals surface area contributed by atoms with Gasteiger partial charge in [0, 0.05) is 9.85 Å². The van der Waals surface area contributed by atoms with E-state index in [9.17, 15) is 4.79 Å². The highest BCUT2D eigenvalue weighted by Crippen LogP contribution is 2.17. The fourth-order valence-electron chi connectivity index (χ4n) is 1.56. The van der Waals surface area contributed by atoms with Crippen molar-refractivity contribution in [3.63, 3.8) is 0 Å². The van der Waals surface area contributed by atoms with Crippen LogP contribution in [-0.4, -0.2) is 24.2 Å². The summed E-state index contributed by atoms with van der Waals surface area (Å²) in [4.78, 5) is 15.8. The lowest BCUT2D eigenvalue weighted by Gasteiger charge is -2.07.